The lowest BCUT2D eigenvalue weighted by atomic mass is 10.1. The molecule has 0 saturated carbocycles. The van der Waals surface area contributed by atoms with E-state index in [2.05, 4.69) is 84.3 Å². The van der Waals surface area contributed by atoms with Crippen LogP contribution >= 0.6 is 11.6 Å². The highest BCUT2D eigenvalue weighted by Gasteiger charge is 2.34. The van der Waals surface area contributed by atoms with Gasteiger partial charge < -0.3 is 9.80 Å². The third-order valence-electron chi connectivity index (χ3n) is 5.09. The van der Waals surface area contributed by atoms with Gasteiger partial charge in [-0.25, -0.2) is 0 Å². The van der Waals surface area contributed by atoms with E-state index in [9.17, 15) is 0 Å². The van der Waals surface area contributed by atoms with Crippen molar-refractivity contribution in [2.75, 3.05) is 22.9 Å². The van der Waals surface area contributed by atoms with Crippen molar-refractivity contribution in [1.82, 2.24) is 0 Å². The zero-order chi connectivity index (χ0) is 18.1. The molecule has 0 aliphatic carbocycles. The van der Waals surface area contributed by atoms with Gasteiger partial charge in [-0.1, -0.05) is 65.2 Å². The Bertz CT molecular complexity index is 833. The van der Waals surface area contributed by atoms with E-state index in [0.29, 0.717) is 0 Å². The van der Waals surface area contributed by atoms with Crippen molar-refractivity contribution >= 4 is 23.0 Å². The van der Waals surface area contributed by atoms with Crippen LogP contribution in [-0.2, 0) is 0 Å². The summed E-state index contributed by atoms with van der Waals surface area (Å²) >= 11 is 6.61. The number of benzene rings is 3. The normalized spacial score (nSPS) is 14.9. The van der Waals surface area contributed by atoms with Crippen molar-refractivity contribution < 1.29 is 0 Å². The van der Waals surface area contributed by atoms with E-state index in [1.54, 1.807) is 0 Å². The molecule has 0 unspecified atom stereocenters. The summed E-state index contributed by atoms with van der Waals surface area (Å²) in [6, 6.07) is 25.7. The maximum atomic E-state index is 6.61. The average Bonchev–Trinajstić information content (AvgIpc) is 3.08. The van der Waals surface area contributed by atoms with Gasteiger partial charge in [0.25, 0.3) is 0 Å². The Morgan fingerprint density at radius 1 is 0.692 bits per heavy atom. The number of hydrogen-bond acceptors (Lipinski definition) is 2. The summed E-state index contributed by atoms with van der Waals surface area (Å²) in [7, 11) is 0. The van der Waals surface area contributed by atoms with Crippen LogP contribution in [0.3, 0.4) is 0 Å². The van der Waals surface area contributed by atoms with E-state index in [4.69, 9.17) is 11.6 Å². The second kappa shape index (κ2) is 7.05. The highest BCUT2D eigenvalue weighted by Crippen LogP contribution is 2.40. The van der Waals surface area contributed by atoms with Crippen LogP contribution in [0.5, 0.6) is 0 Å². The molecule has 26 heavy (non-hydrogen) atoms. The van der Waals surface area contributed by atoms with Gasteiger partial charge in [0, 0.05) is 35.1 Å². The van der Waals surface area contributed by atoms with E-state index >= 15 is 0 Å². The zero-order valence-electron chi connectivity index (χ0n) is 15.2. The molecule has 3 heteroatoms. The lowest BCUT2D eigenvalue weighted by molar-refractivity contribution is 0.717. The molecule has 1 aliphatic heterocycles. The van der Waals surface area contributed by atoms with Gasteiger partial charge in [0.1, 0.15) is 6.17 Å². The summed E-state index contributed by atoms with van der Waals surface area (Å²) in [4.78, 5) is 4.89. The Balaban J connectivity index is 1.78. The van der Waals surface area contributed by atoms with E-state index in [0.717, 1.165) is 23.7 Å². The fourth-order valence-corrected chi connectivity index (χ4v) is 3.89. The Morgan fingerprint density at radius 3 is 1.62 bits per heavy atom. The monoisotopic (exact) mass is 362 g/mol. The third-order valence-corrected chi connectivity index (χ3v) is 5.43. The van der Waals surface area contributed by atoms with Crippen LogP contribution in [0.1, 0.15) is 22.9 Å². The number of nitrogens with zero attached hydrogens (tertiary/aromatic N) is 2. The van der Waals surface area contributed by atoms with Gasteiger partial charge in [-0.2, -0.15) is 0 Å². The molecule has 0 spiro atoms. The number of halogens is 1. The molecule has 0 bridgehead atoms. The van der Waals surface area contributed by atoms with Gasteiger partial charge in [-0.15, -0.1) is 0 Å². The quantitative estimate of drug-likeness (QED) is 0.565. The van der Waals surface area contributed by atoms with Gasteiger partial charge in [0.05, 0.1) is 0 Å². The van der Waals surface area contributed by atoms with Gasteiger partial charge in [-0.3, -0.25) is 0 Å². The minimum absolute atomic E-state index is 0.0918. The Morgan fingerprint density at radius 2 is 1.15 bits per heavy atom. The summed E-state index contributed by atoms with van der Waals surface area (Å²) in [6.07, 6.45) is 0.0918. The van der Waals surface area contributed by atoms with Crippen LogP contribution in [0, 0.1) is 13.8 Å². The lowest BCUT2D eigenvalue weighted by Crippen LogP contribution is -2.31. The molecule has 2 nitrogen and oxygen atoms in total. The van der Waals surface area contributed by atoms with Crippen molar-refractivity contribution in [3.8, 4) is 0 Å². The third kappa shape index (κ3) is 3.17. The summed E-state index contributed by atoms with van der Waals surface area (Å²) in [5, 5.41) is 0.814. The summed E-state index contributed by atoms with van der Waals surface area (Å²) in [5.74, 6) is 0. The second-order valence-corrected chi connectivity index (χ2v) is 7.36. The first kappa shape index (κ1) is 17.0. The molecular formula is C23H23ClN2. The van der Waals surface area contributed by atoms with Crippen LogP contribution in [0.15, 0.2) is 72.8 Å². The SMILES string of the molecule is Cc1ccc(N2CCN(c3ccc(C)cc3)C2c2ccccc2Cl)cc1. The largest absolute Gasteiger partial charge is 0.346 e. The molecule has 0 N–H and O–H groups in total. The molecule has 1 fully saturated rings. The van der Waals surface area contributed by atoms with E-state index < -0.39 is 0 Å². The highest BCUT2D eigenvalue weighted by atomic mass is 35.5. The molecule has 3 aromatic carbocycles. The minimum atomic E-state index is 0.0918. The summed E-state index contributed by atoms with van der Waals surface area (Å²) in [6.45, 7) is 6.18. The Kier molecular flexibility index (Phi) is 4.60. The standard InChI is InChI=1S/C23H23ClN2/c1-17-7-11-19(12-8-17)25-15-16-26(20-13-9-18(2)10-14-20)23(25)21-5-3-4-6-22(21)24/h3-14,23H,15-16H2,1-2H3. The topological polar surface area (TPSA) is 6.48 Å². The molecule has 132 valence electrons. The average molecular weight is 363 g/mol. The van der Waals surface area contributed by atoms with E-state index in [1.165, 1.54) is 22.5 Å². The molecule has 4 rings (SSSR count). The predicted octanol–water partition coefficient (Wildman–Crippen LogP) is 5.98. The van der Waals surface area contributed by atoms with Crippen LogP contribution in [0.2, 0.25) is 5.02 Å². The van der Waals surface area contributed by atoms with Crippen molar-refractivity contribution in [3.05, 3.63) is 94.5 Å². The fourth-order valence-electron chi connectivity index (χ4n) is 3.66. The smallest absolute Gasteiger partial charge is 0.130 e. The van der Waals surface area contributed by atoms with Crippen LogP contribution in [0.25, 0.3) is 0 Å². The maximum absolute atomic E-state index is 6.61. The maximum Gasteiger partial charge on any atom is 0.130 e. The zero-order valence-corrected chi connectivity index (χ0v) is 15.9. The van der Waals surface area contributed by atoms with Gasteiger partial charge in [0.2, 0.25) is 0 Å². The number of hydrogen-bond donors (Lipinski definition) is 0. The Labute approximate surface area is 160 Å². The molecule has 1 heterocycles. The molecule has 0 aromatic heterocycles. The van der Waals surface area contributed by atoms with Gasteiger partial charge >= 0.3 is 0 Å². The van der Waals surface area contributed by atoms with Crippen LogP contribution in [-0.4, -0.2) is 13.1 Å². The highest BCUT2D eigenvalue weighted by molar-refractivity contribution is 6.31. The number of aryl methyl sites for hydroxylation is 2. The first-order chi connectivity index (χ1) is 12.6. The van der Waals surface area contributed by atoms with Crippen LogP contribution in [0.4, 0.5) is 11.4 Å². The molecule has 0 radical (unpaired) electrons. The first-order valence-electron chi connectivity index (χ1n) is 9.04. The summed E-state index contributed by atoms with van der Waals surface area (Å²) < 4.78 is 0. The molecule has 3 aromatic rings. The summed E-state index contributed by atoms with van der Waals surface area (Å²) in [5.41, 5.74) is 6.16. The second-order valence-electron chi connectivity index (χ2n) is 6.95. The van der Waals surface area contributed by atoms with Crippen molar-refractivity contribution in [3.63, 3.8) is 0 Å². The minimum Gasteiger partial charge on any atom is -0.346 e. The lowest BCUT2D eigenvalue weighted by Gasteiger charge is -2.34. The first-order valence-corrected chi connectivity index (χ1v) is 9.42. The Hall–Kier alpha value is -2.45. The predicted molar refractivity (Wildman–Crippen MR) is 111 cm³/mol. The van der Waals surface area contributed by atoms with Gasteiger partial charge in [-0.05, 0) is 44.2 Å². The van der Waals surface area contributed by atoms with E-state index in [1.807, 2.05) is 12.1 Å². The fraction of sp³-hybridized carbons (Fsp3) is 0.217. The van der Waals surface area contributed by atoms with E-state index in [-0.39, 0.29) is 6.17 Å². The molecule has 0 atom stereocenters. The van der Waals surface area contributed by atoms with Crippen molar-refractivity contribution in [2.45, 2.75) is 20.0 Å². The van der Waals surface area contributed by atoms with Crippen molar-refractivity contribution in [2.24, 2.45) is 0 Å². The molecule has 1 saturated heterocycles. The molecular weight excluding hydrogens is 340 g/mol. The van der Waals surface area contributed by atoms with Crippen molar-refractivity contribution in [1.29, 1.82) is 0 Å². The van der Waals surface area contributed by atoms with Gasteiger partial charge in [0.15, 0.2) is 0 Å². The van der Waals surface area contributed by atoms with Crippen LogP contribution < -0.4 is 9.80 Å². The molecule has 1 aliphatic rings. The molecule has 0 amide bonds. The number of rotatable bonds is 3. The number of anilines is 2.